The molecule has 0 spiro atoms. The van der Waals surface area contributed by atoms with Crippen LogP contribution in [0.1, 0.15) is 283 Å². The lowest BCUT2D eigenvalue weighted by Crippen LogP contribution is -2.13. The van der Waals surface area contributed by atoms with Crippen molar-refractivity contribution >= 4 is 0 Å². The normalized spacial score (nSPS) is 11.5. The first-order chi connectivity index (χ1) is 27.8. The molecule has 0 aliphatic heterocycles. The highest BCUT2D eigenvalue weighted by Gasteiger charge is 2.07. The summed E-state index contributed by atoms with van der Waals surface area (Å²) < 4.78 is 12.5. The molecule has 56 heavy (non-hydrogen) atoms. The van der Waals surface area contributed by atoms with Crippen LogP contribution in [0.3, 0.4) is 0 Å². The average molecular weight is 784 g/mol. The zero-order valence-electron chi connectivity index (χ0n) is 38.7. The molecule has 0 aliphatic carbocycles. The van der Waals surface area contributed by atoms with Crippen LogP contribution in [0.15, 0.2) is 18.2 Å². The second kappa shape index (κ2) is 44.9. The molecule has 0 heterocycles. The van der Waals surface area contributed by atoms with E-state index < -0.39 is 0 Å². The van der Waals surface area contributed by atoms with Crippen LogP contribution >= 0.6 is 0 Å². The van der Waals surface area contributed by atoms with Crippen molar-refractivity contribution in [2.75, 3.05) is 19.8 Å². The van der Waals surface area contributed by atoms with E-state index in [-0.39, 0.29) is 0 Å². The van der Waals surface area contributed by atoms with Gasteiger partial charge >= 0.3 is 0 Å². The smallest absolute Gasteiger partial charge is 0.127 e. The van der Waals surface area contributed by atoms with Crippen molar-refractivity contribution in [1.29, 1.82) is 0 Å². The van der Waals surface area contributed by atoms with E-state index in [2.05, 4.69) is 44.3 Å². The van der Waals surface area contributed by atoms with Crippen molar-refractivity contribution in [3.63, 3.8) is 0 Å². The van der Waals surface area contributed by atoms with E-state index in [9.17, 15) is 0 Å². The molecule has 1 aromatic rings. The van der Waals surface area contributed by atoms with Gasteiger partial charge in [-0.05, 0) is 25.5 Å². The van der Waals surface area contributed by atoms with Gasteiger partial charge in [0, 0.05) is 18.2 Å². The maximum atomic E-state index is 6.34. The molecule has 0 saturated heterocycles. The highest BCUT2D eigenvalue weighted by Crippen LogP contribution is 2.26. The highest BCUT2D eigenvalue weighted by molar-refractivity contribution is 5.40. The van der Waals surface area contributed by atoms with E-state index in [0.717, 1.165) is 50.6 Å². The first-order valence-electron chi connectivity index (χ1n) is 25.9. The molecule has 1 aromatic carbocycles. The zero-order valence-corrected chi connectivity index (χ0v) is 38.7. The standard InChI is InChI=1S/C53H101NO2/c1-4-7-9-11-13-15-17-19-21-23-25-27-29-31-33-35-37-39-41-43-47-55-52-46-45-51(50-54-6-3)53(49-52)56-48-44-42-40-38-36-34-32-30-28-26-24-22-20-18-16-14-12-10-8-5-2/h45-46,49,54H,4-44,47-48,50H2,1-3H3. The molecule has 0 saturated carbocycles. The summed E-state index contributed by atoms with van der Waals surface area (Å²) >= 11 is 0. The maximum Gasteiger partial charge on any atom is 0.127 e. The second-order valence-electron chi connectivity index (χ2n) is 17.7. The van der Waals surface area contributed by atoms with Crippen LogP contribution in [0, 0.1) is 0 Å². The van der Waals surface area contributed by atoms with Crippen LogP contribution in [0.25, 0.3) is 0 Å². The summed E-state index contributed by atoms with van der Waals surface area (Å²) in [5.74, 6) is 1.96. The van der Waals surface area contributed by atoms with E-state index >= 15 is 0 Å². The minimum atomic E-state index is 0.806. The first kappa shape index (κ1) is 52.8. The second-order valence-corrected chi connectivity index (χ2v) is 17.7. The molecule has 0 aromatic heterocycles. The molecule has 0 amide bonds. The summed E-state index contributed by atoms with van der Waals surface area (Å²) in [6, 6.07) is 6.47. The monoisotopic (exact) mass is 784 g/mol. The van der Waals surface area contributed by atoms with Gasteiger partial charge in [0.15, 0.2) is 0 Å². The molecule has 1 rings (SSSR count). The number of nitrogens with one attached hydrogen (secondary N) is 1. The largest absolute Gasteiger partial charge is 0.493 e. The molecule has 0 atom stereocenters. The Morgan fingerprint density at radius 3 is 0.929 bits per heavy atom. The van der Waals surface area contributed by atoms with Crippen molar-refractivity contribution < 1.29 is 9.47 Å². The lowest BCUT2D eigenvalue weighted by molar-refractivity contribution is 0.287. The number of benzene rings is 1. The van der Waals surface area contributed by atoms with Gasteiger partial charge in [0.1, 0.15) is 11.5 Å². The first-order valence-corrected chi connectivity index (χ1v) is 25.9. The fraction of sp³-hybridized carbons (Fsp3) is 0.887. The van der Waals surface area contributed by atoms with Gasteiger partial charge in [-0.2, -0.15) is 0 Å². The van der Waals surface area contributed by atoms with Crippen molar-refractivity contribution in [2.45, 2.75) is 284 Å². The molecular weight excluding hydrogens is 683 g/mol. The van der Waals surface area contributed by atoms with Gasteiger partial charge in [-0.15, -0.1) is 0 Å². The lowest BCUT2D eigenvalue weighted by Gasteiger charge is -2.14. The Morgan fingerprint density at radius 1 is 0.339 bits per heavy atom. The Hall–Kier alpha value is -1.22. The number of hydrogen-bond acceptors (Lipinski definition) is 3. The van der Waals surface area contributed by atoms with Crippen LogP contribution in [0.5, 0.6) is 11.5 Å². The Bertz CT molecular complexity index is 886. The minimum Gasteiger partial charge on any atom is -0.493 e. The third-order valence-electron chi connectivity index (χ3n) is 12.1. The quantitative estimate of drug-likeness (QED) is 0.0668. The fourth-order valence-corrected chi connectivity index (χ4v) is 8.25. The minimum absolute atomic E-state index is 0.806. The molecular formula is C53H101NO2. The van der Waals surface area contributed by atoms with Crippen LogP contribution < -0.4 is 14.8 Å². The van der Waals surface area contributed by atoms with Crippen molar-refractivity contribution in [1.82, 2.24) is 5.32 Å². The van der Waals surface area contributed by atoms with Gasteiger partial charge in [0.25, 0.3) is 0 Å². The number of unbranched alkanes of at least 4 members (excludes halogenated alkanes) is 38. The Morgan fingerprint density at radius 2 is 0.625 bits per heavy atom. The molecule has 0 fully saturated rings. The summed E-state index contributed by atoms with van der Waals surface area (Å²) in [4.78, 5) is 0. The van der Waals surface area contributed by atoms with Crippen molar-refractivity contribution in [2.24, 2.45) is 0 Å². The summed E-state index contributed by atoms with van der Waals surface area (Å²) in [6.45, 7) is 10.2. The van der Waals surface area contributed by atoms with Gasteiger partial charge in [-0.3, -0.25) is 0 Å². The van der Waals surface area contributed by atoms with Gasteiger partial charge in [-0.25, -0.2) is 0 Å². The van der Waals surface area contributed by atoms with Crippen LogP contribution in [0.4, 0.5) is 0 Å². The van der Waals surface area contributed by atoms with E-state index in [4.69, 9.17) is 9.47 Å². The third kappa shape index (κ3) is 37.1. The molecule has 3 nitrogen and oxygen atoms in total. The SMILES string of the molecule is CCCCCCCCCCCCCCCCCCCCCCOc1ccc(CNCC)c(OCCCCCCCCCCCCCCCCCCCCCC)c1. The molecule has 0 radical (unpaired) electrons. The van der Waals surface area contributed by atoms with Crippen LogP contribution in [0.2, 0.25) is 0 Å². The topological polar surface area (TPSA) is 30.5 Å². The van der Waals surface area contributed by atoms with Crippen LogP contribution in [-0.4, -0.2) is 19.8 Å². The van der Waals surface area contributed by atoms with Gasteiger partial charge in [-0.1, -0.05) is 271 Å². The van der Waals surface area contributed by atoms with Crippen molar-refractivity contribution in [3.05, 3.63) is 23.8 Å². The number of rotatable bonds is 47. The van der Waals surface area contributed by atoms with Gasteiger partial charge in [0.05, 0.1) is 13.2 Å². The molecule has 0 aliphatic rings. The number of hydrogen-bond donors (Lipinski definition) is 1. The van der Waals surface area contributed by atoms with E-state index in [1.54, 1.807) is 0 Å². The molecule has 330 valence electrons. The summed E-state index contributed by atoms with van der Waals surface area (Å²) in [5, 5.41) is 3.48. The van der Waals surface area contributed by atoms with E-state index in [1.165, 1.54) is 250 Å². The average Bonchev–Trinajstić information content (AvgIpc) is 3.21. The van der Waals surface area contributed by atoms with Crippen LogP contribution in [-0.2, 0) is 6.54 Å². The summed E-state index contributed by atoms with van der Waals surface area (Å²) in [5.41, 5.74) is 1.24. The summed E-state index contributed by atoms with van der Waals surface area (Å²) in [7, 11) is 0. The Balaban J connectivity index is 1.97. The van der Waals surface area contributed by atoms with E-state index in [0.29, 0.717) is 0 Å². The highest BCUT2D eigenvalue weighted by atomic mass is 16.5. The maximum absolute atomic E-state index is 6.34. The summed E-state index contributed by atoms with van der Waals surface area (Å²) in [6.07, 6.45) is 56.6. The van der Waals surface area contributed by atoms with Gasteiger partial charge in [0.2, 0.25) is 0 Å². The third-order valence-corrected chi connectivity index (χ3v) is 12.1. The lowest BCUT2D eigenvalue weighted by atomic mass is 10.0. The Labute approximate surface area is 352 Å². The molecule has 3 heteroatoms. The number of ether oxygens (including phenoxy) is 2. The zero-order chi connectivity index (χ0) is 40.1. The molecule has 0 bridgehead atoms. The molecule has 0 unspecified atom stereocenters. The molecule has 1 N–H and O–H groups in total. The van der Waals surface area contributed by atoms with E-state index in [1.807, 2.05) is 0 Å². The van der Waals surface area contributed by atoms with Crippen molar-refractivity contribution in [3.8, 4) is 11.5 Å². The Kier molecular flexibility index (Phi) is 42.3. The fourth-order valence-electron chi connectivity index (χ4n) is 8.25. The van der Waals surface area contributed by atoms with Gasteiger partial charge < -0.3 is 14.8 Å². The predicted octanol–water partition coefficient (Wildman–Crippen LogP) is 18.2. The predicted molar refractivity (Wildman–Crippen MR) is 251 cm³/mol.